The first-order valence-corrected chi connectivity index (χ1v) is 8.19. The van der Waals surface area contributed by atoms with Crippen molar-refractivity contribution in [2.45, 2.75) is 6.42 Å². The van der Waals surface area contributed by atoms with E-state index in [-0.39, 0.29) is 18.5 Å². The number of carbonyl (C=O) groups is 3. The third-order valence-electron chi connectivity index (χ3n) is 3.88. The highest BCUT2D eigenvalue weighted by molar-refractivity contribution is 5.96. The molecule has 138 valence electrons. The van der Waals surface area contributed by atoms with Gasteiger partial charge in [-0.05, 0) is 35.9 Å². The number of H-pyrrole nitrogens is 1. The van der Waals surface area contributed by atoms with Crippen molar-refractivity contribution in [3.63, 3.8) is 0 Å². The number of aromatic nitrogens is 1. The lowest BCUT2D eigenvalue weighted by atomic mass is 10.1. The number of rotatable bonds is 5. The monoisotopic (exact) mass is 368 g/mol. The normalized spacial score (nSPS) is 10.4. The summed E-state index contributed by atoms with van der Waals surface area (Å²) in [6.45, 7) is -0.330. The van der Waals surface area contributed by atoms with E-state index < -0.39 is 23.5 Å². The maximum Gasteiger partial charge on any atom is 0.257 e. The molecule has 7 nitrogen and oxygen atoms in total. The van der Waals surface area contributed by atoms with Crippen LogP contribution in [0.15, 0.2) is 54.7 Å². The molecule has 1 aromatic heterocycles. The van der Waals surface area contributed by atoms with Crippen molar-refractivity contribution < 1.29 is 18.8 Å². The van der Waals surface area contributed by atoms with Crippen LogP contribution < -0.4 is 16.2 Å². The maximum absolute atomic E-state index is 12.8. The molecule has 0 saturated carbocycles. The predicted molar refractivity (Wildman–Crippen MR) is 97.0 cm³/mol. The fourth-order valence-corrected chi connectivity index (χ4v) is 2.54. The Bertz CT molecular complexity index is 982. The van der Waals surface area contributed by atoms with Crippen LogP contribution in [0.4, 0.5) is 4.39 Å². The van der Waals surface area contributed by atoms with E-state index in [1.807, 2.05) is 24.3 Å². The van der Waals surface area contributed by atoms with E-state index in [0.717, 1.165) is 28.6 Å². The Kier molecular flexibility index (Phi) is 5.46. The molecule has 0 spiro atoms. The molecule has 27 heavy (non-hydrogen) atoms. The van der Waals surface area contributed by atoms with Crippen molar-refractivity contribution in [3.05, 3.63) is 71.7 Å². The van der Waals surface area contributed by atoms with Crippen LogP contribution in [0, 0.1) is 5.82 Å². The topological polar surface area (TPSA) is 103 Å². The van der Waals surface area contributed by atoms with Crippen molar-refractivity contribution in [2.75, 3.05) is 6.54 Å². The lowest BCUT2D eigenvalue weighted by Gasteiger charge is -2.08. The number of aromatic amines is 1. The van der Waals surface area contributed by atoms with E-state index in [4.69, 9.17) is 0 Å². The Morgan fingerprint density at radius 1 is 0.926 bits per heavy atom. The number of hydrogen-bond donors (Lipinski definition) is 4. The lowest BCUT2D eigenvalue weighted by molar-refractivity contribution is -0.128. The van der Waals surface area contributed by atoms with Gasteiger partial charge in [0.15, 0.2) is 0 Å². The van der Waals surface area contributed by atoms with E-state index in [1.165, 1.54) is 12.1 Å². The molecule has 3 amide bonds. The van der Waals surface area contributed by atoms with Crippen molar-refractivity contribution in [1.29, 1.82) is 0 Å². The van der Waals surface area contributed by atoms with Gasteiger partial charge in [-0.1, -0.05) is 18.2 Å². The largest absolute Gasteiger partial charge is 0.361 e. The van der Waals surface area contributed by atoms with Gasteiger partial charge in [-0.15, -0.1) is 0 Å². The second-order valence-electron chi connectivity index (χ2n) is 5.82. The summed E-state index contributed by atoms with van der Waals surface area (Å²) < 4.78 is 12.8. The molecule has 3 aromatic rings. The molecular formula is C19H17FN4O3. The third kappa shape index (κ3) is 4.69. The quantitative estimate of drug-likeness (QED) is 0.512. The van der Waals surface area contributed by atoms with Crippen LogP contribution in [0.5, 0.6) is 0 Å². The standard InChI is InChI=1S/C19H17FN4O3/c20-14-7-5-12(6-8-14)19(27)22-11-18(26)24-23-17(25)9-13-10-21-16-4-2-1-3-15(13)16/h1-8,10,21H,9,11H2,(H,22,27)(H,23,25)(H,24,26). The number of hydrazine groups is 1. The number of halogens is 1. The minimum absolute atomic E-state index is 0.0895. The fourth-order valence-electron chi connectivity index (χ4n) is 2.54. The molecule has 4 N–H and O–H groups in total. The average Bonchev–Trinajstić information content (AvgIpc) is 3.08. The molecule has 0 bridgehead atoms. The third-order valence-corrected chi connectivity index (χ3v) is 3.88. The van der Waals surface area contributed by atoms with Crippen molar-refractivity contribution in [3.8, 4) is 0 Å². The lowest BCUT2D eigenvalue weighted by Crippen LogP contribution is -2.46. The predicted octanol–water partition coefficient (Wildman–Crippen LogP) is 1.43. The average molecular weight is 368 g/mol. The molecule has 3 rings (SSSR count). The molecule has 0 saturated heterocycles. The van der Waals surface area contributed by atoms with E-state index in [0.29, 0.717) is 0 Å². The summed E-state index contributed by atoms with van der Waals surface area (Å²) in [4.78, 5) is 38.6. The Morgan fingerprint density at radius 2 is 1.63 bits per heavy atom. The van der Waals surface area contributed by atoms with Gasteiger partial charge in [-0.2, -0.15) is 0 Å². The molecule has 0 atom stereocenters. The van der Waals surface area contributed by atoms with Gasteiger partial charge in [0.1, 0.15) is 5.82 Å². The van der Waals surface area contributed by atoms with Crippen molar-refractivity contribution in [1.82, 2.24) is 21.2 Å². The van der Waals surface area contributed by atoms with Gasteiger partial charge in [0.05, 0.1) is 13.0 Å². The molecule has 0 aliphatic rings. The molecule has 1 heterocycles. The molecule has 8 heteroatoms. The van der Waals surface area contributed by atoms with Crippen LogP contribution in [0.3, 0.4) is 0 Å². The Balaban J connectivity index is 1.44. The first kappa shape index (κ1) is 18.1. The zero-order valence-corrected chi connectivity index (χ0v) is 14.2. The minimum Gasteiger partial charge on any atom is -0.361 e. The second kappa shape index (κ2) is 8.13. The first-order chi connectivity index (χ1) is 13.0. The second-order valence-corrected chi connectivity index (χ2v) is 5.82. The number of fused-ring (bicyclic) bond motifs is 1. The van der Waals surface area contributed by atoms with Crippen LogP contribution >= 0.6 is 0 Å². The molecule has 2 aromatic carbocycles. The van der Waals surface area contributed by atoms with Gasteiger partial charge < -0.3 is 10.3 Å². The Morgan fingerprint density at radius 3 is 2.41 bits per heavy atom. The first-order valence-electron chi connectivity index (χ1n) is 8.19. The Labute approximate surface area is 153 Å². The molecule has 0 aliphatic carbocycles. The highest BCUT2D eigenvalue weighted by Crippen LogP contribution is 2.17. The molecule has 0 unspecified atom stereocenters. The number of nitrogens with one attached hydrogen (secondary N) is 4. The van der Waals surface area contributed by atoms with Gasteiger partial charge in [0, 0.05) is 22.7 Å². The van der Waals surface area contributed by atoms with E-state index in [2.05, 4.69) is 21.2 Å². The highest BCUT2D eigenvalue weighted by atomic mass is 19.1. The molecule has 0 aliphatic heterocycles. The summed E-state index contributed by atoms with van der Waals surface area (Å²) in [5.74, 6) is -1.95. The van der Waals surface area contributed by atoms with E-state index in [1.54, 1.807) is 6.20 Å². The number of carbonyl (C=O) groups excluding carboxylic acids is 3. The zero-order chi connectivity index (χ0) is 19.2. The Hall–Kier alpha value is -3.68. The summed E-state index contributed by atoms with van der Waals surface area (Å²) in [7, 11) is 0. The SMILES string of the molecule is O=C(CNC(=O)c1ccc(F)cc1)NNC(=O)Cc1c[nH]c2ccccc12. The van der Waals surface area contributed by atoms with Crippen LogP contribution in [-0.4, -0.2) is 29.3 Å². The summed E-state index contributed by atoms with van der Waals surface area (Å²) in [6.07, 6.45) is 1.83. The molecule has 0 radical (unpaired) electrons. The van der Waals surface area contributed by atoms with Gasteiger partial charge in [0.2, 0.25) is 5.91 Å². The molecule has 0 fully saturated rings. The van der Waals surface area contributed by atoms with Gasteiger partial charge in [-0.25, -0.2) is 4.39 Å². The van der Waals surface area contributed by atoms with Crippen molar-refractivity contribution >= 4 is 28.6 Å². The maximum atomic E-state index is 12.8. The van der Waals surface area contributed by atoms with Crippen LogP contribution in [0.2, 0.25) is 0 Å². The van der Waals surface area contributed by atoms with Gasteiger partial charge in [0.25, 0.3) is 11.8 Å². The zero-order valence-electron chi connectivity index (χ0n) is 14.2. The summed E-state index contributed by atoms with van der Waals surface area (Å²) in [5.41, 5.74) is 6.50. The summed E-state index contributed by atoms with van der Waals surface area (Å²) in [5, 5.41) is 3.32. The molecular weight excluding hydrogens is 351 g/mol. The van der Waals surface area contributed by atoms with Crippen LogP contribution in [-0.2, 0) is 16.0 Å². The summed E-state index contributed by atoms with van der Waals surface area (Å²) >= 11 is 0. The van der Waals surface area contributed by atoms with Gasteiger partial charge >= 0.3 is 0 Å². The van der Waals surface area contributed by atoms with Crippen molar-refractivity contribution in [2.24, 2.45) is 0 Å². The number of benzene rings is 2. The number of hydrogen-bond acceptors (Lipinski definition) is 3. The number of para-hydroxylation sites is 1. The van der Waals surface area contributed by atoms with E-state index >= 15 is 0 Å². The smallest absolute Gasteiger partial charge is 0.257 e. The van der Waals surface area contributed by atoms with Crippen LogP contribution in [0.25, 0.3) is 10.9 Å². The van der Waals surface area contributed by atoms with Crippen LogP contribution in [0.1, 0.15) is 15.9 Å². The highest BCUT2D eigenvalue weighted by Gasteiger charge is 2.11. The summed E-state index contributed by atoms with van der Waals surface area (Å²) in [6, 6.07) is 12.5. The van der Waals surface area contributed by atoms with Gasteiger partial charge in [-0.3, -0.25) is 25.2 Å². The fraction of sp³-hybridized carbons (Fsp3) is 0.105. The van der Waals surface area contributed by atoms with E-state index in [9.17, 15) is 18.8 Å². The minimum atomic E-state index is -0.585. The number of amides is 3.